The van der Waals surface area contributed by atoms with E-state index in [4.69, 9.17) is 4.78 Å². The van der Waals surface area contributed by atoms with Crippen LogP contribution in [0, 0.1) is 10.7 Å². The summed E-state index contributed by atoms with van der Waals surface area (Å²) in [5, 5.41) is 9.10. The molecule has 6 rings (SSSR count). The summed E-state index contributed by atoms with van der Waals surface area (Å²) in [6.45, 7) is 5.88. The number of pyridine rings is 1. The lowest BCUT2D eigenvalue weighted by Gasteiger charge is -2.41. The molecule has 1 aliphatic heterocycles. The lowest BCUT2D eigenvalue weighted by atomic mass is 9.93. The molecule has 1 saturated heterocycles. The minimum atomic E-state index is -3.46. The van der Waals surface area contributed by atoms with Crippen molar-refractivity contribution in [2.24, 2.45) is 5.92 Å². The number of nitrogens with one attached hydrogen (secondary N) is 2. The Morgan fingerprint density at radius 3 is 2.52 bits per heavy atom. The van der Waals surface area contributed by atoms with E-state index in [0.717, 1.165) is 33.6 Å². The molecule has 1 unspecified atom stereocenters. The third-order valence-electron chi connectivity index (χ3n) is 7.32. The lowest BCUT2D eigenvalue weighted by molar-refractivity contribution is 0.451. The van der Waals surface area contributed by atoms with Crippen LogP contribution < -0.4 is 10.2 Å². The van der Waals surface area contributed by atoms with E-state index in [2.05, 4.69) is 56.2 Å². The van der Waals surface area contributed by atoms with E-state index in [1.807, 2.05) is 12.3 Å². The van der Waals surface area contributed by atoms with Gasteiger partial charge in [0.05, 0.1) is 23.2 Å². The third-order valence-corrected chi connectivity index (χ3v) is 10.5. The van der Waals surface area contributed by atoms with Crippen molar-refractivity contribution in [3.63, 3.8) is 0 Å². The standard InChI is InChI=1S/C27H32N8O3S2/c1-17(2)21-6-7-24(34-13-18(14-34)16-39(3,28)36)23-12-30-26(10-22(21)23)32-25-8-9-29-27(33-25)19-11-31-35(15-19)40(37,38)20-4-5-20/h6-12,15,17-18,20,28H,4-5,13-14,16H2,1-3H3,(H,29,30,32,33). The molecule has 210 valence electrons. The van der Waals surface area contributed by atoms with Crippen LogP contribution in [0.1, 0.15) is 38.2 Å². The monoisotopic (exact) mass is 580 g/mol. The molecule has 1 atom stereocenters. The van der Waals surface area contributed by atoms with Crippen LogP contribution in [-0.2, 0) is 19.8 Å². The number of hydrogen-bond donors (Lipinski definition) is 2. The summed E-state index contributed by atoms with van der Waals surface area (Å²) in [5.74, 6) is 2.51. The molecule has 0 radical (unpaired) electrons. The van der Waals surface area contributed by atoms with Gasteiger partial charge in [-0.25, -0.2) is 23.4 Å². The Hall–Kier alpha value is -3.58. The van der Waals surface area contributed by atoms with Crippen molar-refractivity contribution in [1.29, 1.82) is 4.78 Å². The first-order valence-corrected chi connectivity index (χ1v) is 16.9. The van der Waals surface area contributed by atoms with E-state index in [0.29, 0.717) is 47.5 Å². The predicted octanol–water partition coefficient (Wildman–Crippen LogP) is 4.21. The van der Waals surface area contributed by atoms with Gasteiger partial charge in [0.1, 0.15) is 11.6 Å². The van der Waals surface area contributed by atoms with E-state index in [-0.39, 0.29) is 11.2 Å². The largest absolute Gasteiger partial charge is 0.370 e. The molecule has 0 spiro atoms. The number of benzene rings is 1. The van der Waals surface area contributed by atoms with Gasteiger partial charge in [0.15, 0.2) is 5.82 Å². The van der Waals surface area contributed by atoms with Crippen LogP contribution in [0.2, 0.25) is 0 Å². The fourth-order valence-electron chi connectivity index (χ4n) is 5.19. The first-order chi connectivity index (χ1) is 19.0. The van der Waals surface area contributed by atoms with Crippen molar-refractivity contribution in [2.45, 2.75) is 37.9 Å². The smallest absolute Gasteiger partial charge is 0.256 e. The summed E-state index contributed by atoms with van der Waals surface area (Å²) in [5.41, 5.74) is 2.81. The molecule has 2 aliphatic rings. The maximum atomic E-state index is 12.5. The Kier molecular flexibility index (Phi) is 6.53. The molecule has 0 bridgehead atoms. The molecule has 1 aromatic carbocycles. The van der Waals surface area contributed by atoms with Crippen LogP contribution >= 0.6 is 0 Å². The van der Waals surface area contributed by atoms with Crippen molar-refractivity contribution in [2.75, 3.05) is 35.3 Å². The van der Waals surface area contributed by atoms with Crippen molar-refractivity contribution in [1.82, 2.24) is 24.1 Å². The van der Waals surface area contributed by atoms with Crippen molar-refractivity contribution in [3.05, 3.63) is 54.6 Å². The van der Waals surface area contributed by atoms with E-state index in [1.54, 1.807) is 12.3 Å². The number of anilines is 3. The van der Waals surface area contributed by atoms with Crippen molar-refractivity contribution in [3.8, 4) is 11.4 Å². The molecule has 1 aliphatic carbocycles. The average molecular weight is 581 g/mol. The van der Waals surface area contributed by atoms with E-state index in [9.17, 15) is 12.6 Å². The molecule has 3 aromatic heterocycles. The SMILES string of the molecule is CC(C)c1ccc(N2CC(CS(C)(=N)=O)C2)c2cnc(Nc3ccnc(-c4cnn(S(=O)(=O)C5CC5)c4)n3)cc12. The Labute approximate surface area is 234 Å². The summed E-state index contributed by atoms with van der Waals surface area (Å²) in [6, 6.07) is 8.05. The highest BCUT2D eigenvalue weighted by Gasteiger charge is 2.37. The Morgan fingerprint density at radius 1 is 1.05 bits per heavy atom. The van der Waals surface area contributed by atoms with Gasteiger partial charge in [0, 0.05) is 64.2 Å². The molecule has 2 fully saturated rings. The zero-order valence-electron chi connectivity index (χ0n) is 22.6. The molecule has 11 nitrogen and oxygen atoms in total. The maximum absolute atomic E-state index is 12.5. The topological polar surface area (TPSA) is 147 Å². The zero-order valence-corrected chi connectivity index (χ0v) is 24.2. The highest BCUT2D eigenvalue weighted by atomic mass is 32.2. The van der Waals surface area contributed by atoms with Gasteiger partial charge in [-0.15, -0.1) is 0 Å². The predicted molar refractivity (Wildman–Crippen MR) is 157 cm³/mol. The highest BCUT2D eigenvalue weighted by Crippen LogP contribution is 2.37. The summed E-state index contributed by atoms with van der Waals surface area (Å²) < 4.78 is 45.7. The Morgan fingerprint density at radius 2 is 1.82 bits per heavy atom. The van der Waals surface area contributed by atoms with Gasteiger partial charge in [0.25, 0.3) is 10.0 Å². The van der Waals surface area contributed by atoms with E-state index in [1.165, 1.54) is 24.2 Å². The molecule has 0 amide bonds. The second kappa shape index (κ2) is 9.81. The van der Waals surface area contributed by atoms with Crippen LogP contribution in [0.25, 0.3) is 22.2 Å². The number of fused-ring (bicyclic) bond motifs is 1. The number of aromatic nitrogens is 5. The van der Waals surface area contributed by atoms with Crippen LogP contribution in [-0.4, -0.2) is 67.1 Å². The van der Waals surface area contributed by atoms with Gasteiger partial charge in [-0.2, -0.15) is 9.19 Å². The summed E-state index contributed by atoms with van der Waals surface area (Å²) in [7, 11) is -5.96. The molecular formula is C27H32N8O3S2. The Bertz CT molecular complexity index is 1810. The molecule has 4 heterocycles. The first-order valence-electron chi connectivity index (χ1n) is 13.3. The fourth-order valence-corrected chi connectivity index (χ4v) is 7.78. The van der Waals surface area contributed by atoms with Crippen LogP contribution in [0.3, 0.4) is 0 Å². The van der Waals surface area contributed by atoms with Crippen LogP contribution in [0.15, 0.2) is 49.1 Å². The van der Waals surface area contributed by atoms with Crippen LogP contribution in [0.4, 0.5) is 17.3 Å². The fraction of sp³-hybridized carbons (Fsp3) is 0.407. The molecule has 13 heteroatoms. The molecular weight excluding hydrogens is 548 g/mol. The zero-order chi connectivity index (χ0) is 28.2. The van der Waals surface area contributed by atoms with Crippen LogP contribution in [0.5, 0.6) is 0 Å². The second-order valence-electron chi connectivity index (χ2n) is 11.1. The first kappa shape index (κ1) is 26.6. The second-order valence-corrected chi connectivity index (χ2v) is 15.5. The quantitative estimate of drug-likeness (QED) is 0.297. The van der Waals surface area contributed by atoms with Gasteiger partial charge >= 0.3 is 0 Å². The summed E-state index contributed by atoms with van der Waals surface area (Å²) in [6.07, 6.45) is 9.25. The third kappa shape index (κ3) is 5.27. The molecule has 4 aromatic rings. The lowest BCUT2D eigenvalue weighted by Crippen LogP contribution is -2.49. The van der Waals surface area contributed by atoms with E-state index < -0.39 is 19.8 Å². The number of hydrogen-bond acceptors (Lipinski definition) is 10. The molecule has 2 N–H and O–H groups in total. The van der Waals surface area contributed by atoms with Gasteiger partial charge in [-0.05, 0) is 47.9 Å². The average Bonchev–Trinajstić information content (AvgIpc) is 3.62. The molecule has 40 heavy (non-hydrogen) atoms. The van der Waals surface area contributed by atoms with Gasteiger partial charge in [-0.1, -0.05) is 19.9 Å². The molecule has 1 saturated carbocycles. The van der Waals surface area contributed by atoms with Crippen molar-refractivity contribution < 1.29 is 12.6 Å². The minimum absolute atomic E-state index is 0.261. The van der Waals surface area contributed by atoms with Gasteiger partial charge in [-0.3, -0.25) is 8.99 Å². The normalized spacial score (nSPS) is 17.6. The number of rotatable bonds is 9. The Balaban J connectivity index is 1.26. The minimum Gasteiger partial charge on any atom is -0.370 e. The summed E-state index contributed by atoms with van der Waals surface area (Å²) >= 11 is 0. The van der Waals surface area contributed by atoms with Gasteiger partial charge in [0.2, 0.25) is 0 Å². The van der Waals surface area contributed by atoms with Gasteiger partial charge < -0.3 is 10.2 Å². The van der Waals surface area contributed by atoms with E-state index >= 15 is 0 Å². The highest BCUT2D eigenvalue weighted by molar-refractivity contribution is 7.91. The number of nitrogens with zero attached hydrogens (tertiary/aromatic N) is 6. The maximum Gasteiger partial charge on any atom is 0.256 e. The summed E-state index contributed by atoms with van der Waals surface area (Å²) in [4.78, 5) is 15.8. The van der Waals surface area contributed by atoms with Crippen molar-refractivity contribution >= 4 is 47.8 Å².